The minimum atomic E-state index is 0.243. The quantitative estimate of drug-likeness (QED) is 0.349. The minimum absolute atomic E-state index is 0.243. The van der Waals surface area contributed by atoms with Crippen LogP contribution in [0.5, 0.6) is 5.75 Å². The number of methoxy groups -OCH3 is 1. The smallest absolute Gasteiger partial charge is 0.216 e. The molecule has 1 aromatic carbocycles. The molecular weight excluding hydrogens is 406 g/mol. The van der Waals surface area contributed by atoms with E-state index >= 15 is 0 Å². The lowest BCUT2D eigenvalue weighted by Crippen LogP contribution is -2.42. The lowest BCUT2D eigenvalue weighted by Gasteiger charge is -2.29. The standard InChI is InChI=1S/C23H31N7O2/c1-3-24-23(26-16-21-27-22(29-28-21)20-10-7-13-32-20)25-15-19(30-11-4-5-12-30)17-8-6-9-18(14-17)31-2/h6-10,13-14,19H,3-5,11-12,15-16H2,1-2H3,(H2,24,25,26)(H,27,28,29). The van der Waals surface area contributed by atoms with Gasteiger partial charge in [-0.25, -0.2) is 9.98 Å². The number of guanidine groups is 1. The highest BCUT2D eigenvalue weighted by Gasteiger charge is 2.24. The zero-order valence-corrected chi connectivity index (χ0v) is 18.7. The third-order valence-electron chi connectivity index (χ3n) is 5.53. The second kappa shape index (κ2) is 10.8. The number of benzene rings is 1. The van der Waals surface area contributed by atoms with Crippen LogP contribution in [0.4, 0.5) is 0 Å². The van der Waals surface area contributed by atoms with Crippen LogP contribution in [-0.2, 0) is 6.54 Å². The fourth-order valence-corrected chi connectivity index (χ4v) is 3.93. The monoisotopic (exact) mass is 437 g/mol. The number of H-pyrrole nitrogens is 1. The van der Waals surface area contributed by atoms with E-state index in [0.717, 1.165) is 37.9 Å². The van der Waals surface area contributed by atoms with Gasteiger partial charge in [0, 0.05) is 13.1 Å². The number of ether oxygens (including phenoxy) is 1. The molecule has 0 radical (unpaired) electrons. The van der Waals surface area contributed by atoms with Crippen molar-refractivity contribution in [1.29, 1.82) is 0 Å². The van der Waals surface area contributed by atoms with Gasteiger partial charge in [-0.1, -0.05) is 12.1 Å². The van der Waals surface area contributed by atoms with Gasteiger partial charge in [-0.05, 0) is 62.7 Å². The summed E-state index contributed by atoms with van der Waals surface area (Å²) in [5, 5.41) is 14.0. The number of aliphatic imine (C=N–C) groups is 1. The average molecular weight is 438 g/mol. The Morgan fingerprint density at radius 2 is 2.12 bits per heavy atom. The molecule has 2 aromatic heterocycles. The second-order valence-corrected chi connectivity index (χ2v) is 7.69. The van der Waals surface area contributed by atoms with Crippen LogP contribution in [0.2, 0.25) is 0 Å². The van der Waals surface area contributed by atoms with Crippen molar-refractivity contribution in [3.63, 3.8) is 0 Å². The number of furan rings is 1. The van der Waals surface area contributed by atoms with Crippen LogP contribution in [0.3, 0.4) is 0 Å². The van der Waals surface area contributed by atoms with E-state index in [2.05, 4.69) is 55.8 Å². The van der Waals surface area contributed by atoms with Gasteiger partial charge in [-0.15, -0.1) is 5.10 Å². The molecule has 1 aliphatic rings. The zero-order chi connectivity index (χ0) is 22.2. The Bertz CT molecular complexity index is 993. The SMILES string of the molecule is CCNC(=NCc1nc(-c2ccco2)n[nH]1)NCC(c1cccc(OC)c1)N1CCCC1. The predicted octanol–water partition coefficient (Wildman–Crippen LogP) is 2.97. The van der Waals surface area contributed by atoms with Gasteiger partial charge >= 0.3 is 0 Å². The van der Waals surface area contributed by atoms with Crippen molar-refractivity contribution in [2.45, 2.75) is 32.4 Å². The van der Waals surface area contributed by atoms with E-state index in [0.29, 0.717) is 24.0 Å². The number of nitrogens with one attached hydrogen (secondary N) is 3. The van der Waals surface area contributed by atoms with Crippen molar-refractivity contribution in [2.24, 2.45) is 4.99 Å². The summed E-state index contributed by atoms with van der Waals surface area (Å²) in [5.41, 5.74) is 1.24. The Morgan fingerprint density at radius 3 is 2.88 bits per heavy atom. The number of hydrogen-bond donors (Lipinski definition) is 3. The van der Waals surface area contributed by atoms with Crippen molar-refractivity contribution in [2.75, 3.05) is 33.3 Å². The molecule has 3 heterocycles. The molecule has 0 bridgehead atoms. The van der Waals surface area contributed by atoms with E-state index in [9.17, 15) is 0 Å². The van der Waals surface area contributed by atoms with Gasteiger partial charge in [0.2, 0.25) is 5.82 Å². The summed E-state index contributed by atoms with van der Waals surface area (Å²) in [4.78, 5) is 11.7. The molecule has 32 heavy (non-hydrogen) atoms. The number of nitrogens with zero attached hydrogens (tertiary/aromatic N) is 4. The molecule has 4 rings (SSSR count). The first kappa shape index (κ1) is 21.9. The Balaban J connectivity index is 1.44. The molecule has 1 atom stereocenters. The average Bonchev–Trinajstić information content (AvgIpc) is 3.60. The van der Waals surface area contributed by atoms with Gasteiger partial charge in [-0.3, -0.25) is 10.00 Å². The van der Waals surface area contributed by atoms with E-state index < -0.39 is 0 Å². The van der Waals surface area contributed by atoms with Gasteiger partial charge in [0.1, 0.15) is 18.1 Å². The largest absolute Gasteiger partial charge is 0.497 e. The number of rotatable bonds is 9. The number of aromatic nitrogens is 3. The van der Waals surface area contributed by atoms with Crippen LogP contribution in [0.15, 0.2) is 52.1 Å². The molecule has 170 valence electrons. The molecule has 3 N–H and O–H groups in total. The van der Waals surface area contributed by atoms with E-state index in [-0.39, 0.29) is 6.04 Å². The highest BCUT2D eigenvalue weighted by atomic mass is 16.5. The third kappa shape index (κ3) is 5.47. The summed E-state index contributed by atoms with van der Waals surface area (Å²) >= 11 is 0. The van der Waals surface area contributed by atoms with Crippen LogP contribution < -0.4 is 15.4 Å². The number of hydrogen-bond acceptors (Lipinski definition) is 6. The Morgan fingerprint density at radius 1 is 1.25 bits per heavy atom. The van der Waals surface area contributed by atoms with Crippen LogP contribution in [0.25, 0.3) is 11.6 Å². The molecule has 0 aliphatic carbocycles. The maximum Gasteiger partial charge on any atom is 0.216 e. The molecule has 3 aromatic rings. The van der Waals surface area contributed by atoms with Crippen LogP contribution in [-0.4, -0.2) is 59.3 Å². The summed E-state index contributed by atoms with van der Waals surface area (Å²) in [6, 6.07) is 12.2. The molecule has 1 unspecified atom stereocenters. The van der Waals surface area contributed by atoms with Gasteiger partial charge in [-0.2, -0.15) is 0 Å². The molecule has 1 saturated heterocycles. The van der Waals surface area contributed by atoms with Gasteiger partial charge in [0.25, 0.3) is 0 Å². The molecule has 1 fully saturated rings. The first-order valence-corrected chi connectivity index (χ1v) is 11.1. The lowest BCUT2D eigenvalue weighted by molar-refractivity contribution is 0.245. The highest BCUT2D eigenvalue weighted by molar-refractivity contribution is 5.79. The molecule has 9 heteroatoms. The number of aromatic amines is 1. The zero-order valence-electron chi connectivity index (χ0n) is 18.7. The third-order valence-corrected chi connectivity index (χ3v) is 5.53. The molecule has 0 amide bonds. The fourth-order valence-electron chi connectivity index (χ4n) is 3.93. The maximum absolute atomic E-state index is 5.45. The summed E-state index contributed by atoms with van der Waals surface area (Å²) in [6.07, 6.45) is 4.08. The summed E-state index contributed by atoms with van der Waals surface area (Å²) in [7, 11) is 1.71. The highest BCUT2D eigenvalue weighted by Crippen LogP contribution is 2.27. The van der Waals surface area contributed by atoms with Crippen LogP contribution >= 0.6 is 0 Å². The van der Waals surface area contributed by atoms with Crippen molar-refractivity contribution in [3.8, 4) is 17.3 Å². The topological polar surface area (TPSA) is 104 Å². The summed E-state index contributed by atoms with van der Waals surface area (Å²) in [6.45, 7) is 6.16. The van der Waals surface area contributed by atoms with Crippen LogP contribution in [0, 0.1) is 0 Å². The van der Waals surface area contributed by atoms with Crippen molar-refractivity contribution in [3.05, 3.63) is 54.0 Å². The predicted molar refractivity (Wildman–Crippen MR) is 123 cm³/mol. The minimum Gasteiger partial charge on any atom is -0.497 e. The van der Waals surface area contributed by atoms with Crippen molar-refractivity contribution >= 4 is 5.96 Å². The van der Waals surface area contributed by atoms with E-state index in [1.165, 1.54) is 18.4 Å². The molecular formula is C23H31N7O2. The van der Waals surface area contributed by atoms with Gasteiger partial charge in [0.15, 0.2) is 11.7 Å². The maximum atomic E-state index is 5.45. The fraction of sp³-hybridized carbons (Fsp3) is 0.435. The Hall–Kier alpha value is -3.33. The molecule has 9 nitrogen and oxygen atoms in total. The van der Waals surface area contributed by atoms with E-state index in [4.69, 9.17) is 14.1 Å². The van der Waals surface area contributed by atoms with Gasteiger partial charge in [0.05, 0.1) is 19.4 Å². The summed E-state index contributed by atoms with van der Waals surface area (Å²) in [5.74, 6) is 3.47. The molecule has 0 spiro atoms. The number of likely N-dealkylation sites (tertiary alicyclic amines) is 1. The van der Waals surface area contributed by atoms with Crippen molar-refractivity contribution in [1.82, 2.24) is 30.7 Å². The molecule has 1 aliphatic heterocycles. The van der Waals surface area contributed by atoms with Gasteiger partial charge < -0.3 is 19.8 Å². The second-order valence-electron chi connectivity index (χ2n) is 7.69. The van der Waals surface area contributed by atoms with E-state index in [1.54, 1.807) is 13.4 Å². The van der Waals surface area contributed by atoms with Crippen LogP contribution in [0.1, 0.15) is 37.2 Å². The summed E-state index contributed by atoms with van der Waals surface area (Å²) < 4.78 is 10.8. The Labute approximate surface area is 188 Å². The first-order chi connectivity index (χ1) is 15.8. The Kier molecular flexibility index (Phi) is 7.39. The van der Waals surface area contributed by atoms with Crippen molar-refractivity contribution < 1.29 is 9.15 Å². The van der Waals surface area contributed by atoms with E-state index in [1.807, 2.05) is 18.2 Å². The first-order valence-electron chi connectivity index (χ1n) is 11.1. The molecule has 0 saturated carbocycles. The normalized spacial score (nSPS) is 15.6. The lowest BCUT2D eigenvalue weighted by atomic mass is 10.1.